The number of benzene rings is 2. The van der Waals surface area contributed by atoms with E-state index < -0.39 is 0 Å². The predicted octanol–water partition coefficient (Wildman–Crippen LogP) is 4.81. The molecule has 0 bridgehead atoms. The fraction of sp³-hybridized carbons (Fsp3) is 0.208. The lowest BCUT2D eigenvalue weighted by Crippen LogP contribution is -2.25. The number of nitrogens with zero attached hydrogens (tertiary/aromatic N) is 5. The summed E-state index contributed by atoms with van der Waals surface area (Å²) in [7, 11) is 5.55. The maximum atomic E-state index is 13.5. The number of nitrogens with one attached hydrogen (secondary N) is 1. The smallest absolute Gasteiger partial charge is 0.250 e. The number of anilines is 3. The van der Waals surface area contributed by atoms with Crippen LogP contribution in [0.2, 0.25) is 5.02 Å². The first-order valence-corrected chi connectivity index (χ1v) is 10.7. The van der Waals surface area contributed by atoms with Crippen molar-refractivity contribution in [1.82, 2.24) is 19.3 Å². The monoisotopic (exact) mass is 466 g/mol. The van der Waals surface area contributed by atoms with Crippen molar-refractivity contribution in [3.63, 3.8) is 0 Å². The van der Waals surface area contributed by atoms with E-state index in [1.807, 2.05) is 36.4 Å². The topological polar surface area (TPSA) is 65.8 Å². The Hall–Kier alpha value is -3.49. The molecule has 0 fully saturated rings. The number of fused-ring (bicyclic) bond motifs is 3. The van der Waals surface area contributed by atoms with Gasteiger partial charge >= 0.3 is 0 Å². The quantitative estimate of drug-likeness (QED) is 0.413. The van der Waals surface area contributed by atoms with Gasteiger partial charge in [-0.2, -0.15) is 0 Å². The van der Waals surface area contributed by atoms with E-state index in [-0.39, 0.29) is 11.7 Å². The Morgan fingerprint density at radius 2 is 2.00 bits per heavy atom. The van der Waals surface area contributed by atoms with E-state index >= 15 is 0 Å². The van der Waals surface area contributed by atoms with Crippen molar-refractivity contribution >= 4 is 51.3 Å². The fourth-order valence-electron chi connectivity index (χ4n) is 3.50. The van der Waals surface area contributed by atoms with Gasteiger partial charge in [0, 0.05) is 25.4 Å². The Morgan fingerprint density at radius 3 is 2.73 bits per heavy atom. The molecule has 170 valence electrons. The number of rotatable bonds is 6. The Balaban J connectivity index is 1.75. The van der Waals surface area contributed by atoms with Crippen LogP contribution in [0.1, 0.15) is 5.56 Å². The molecular weight excluding hydrogens is 443 g/mol. The number of amides is 1. The van der Waals surface area contributed by atoms with Gasteiger partial charge in [-0.3, -0.25) is 9.20 Å². The second kappa shape index (κ2) is 9.17. The van der Waals surface area contributed by atoms with Crippen LogP contribution in [0, 0.1) is 12.7 Å². The molecule has 0 saturated heterocycles. The highest BCUT2D eigenvalue weighted by Gasteiger charge is 2.17. The highest BCUT2D eigenvalue weighted by Crippen LogP contribution is 2.33. The lowest BCUT2D eigenvalue weighted by atomic mass is 10.2. The number of aryl methyl sites for hydroxylation is 1. The third kappa shape index (κ3) is 4.67. The summed E-state index contributed by atoms with van der Waals surface area (Å²) in [5.74, 6) is 0.0844. The second-order valence-corrected chi connectivity index (χ2v) is 8.45. The van der Waals surface area contributed by atoms with Crippen molar-refractivity contribution in [3.8, 4) is 0 Å². The Kier molecular flexibility index (Phi) is 6.31. The van der Waals surface area contributed by atoms with Gasteiger partial charge in [0.05, 0.1) is 34.3 Å². The number of carbonyl (C=O) groups is 1. The first kappa shape index (κ1) is 22.7. The minimum atomic E-state index is -0.298. The molecule has 0 radical (unpaired) electrons. The molecule has 2 aromatic carbocycles. The maximum absolute atomic E-state index is 13.5. The molecule has 0 atom stereocenters. The van der Waals surface area contributed by atoms with Crippen LogP contribution < -0.4 is 10.2 Å². The van der Waals surface area contributed by atoms with Crippen LogP contribution >= 0.6 is 11.6 Å². The van der Waals surface area contributed by atoms with Gasteiger partial charge in [-0.15, -0.1) is 0 Å². The van der Waals surface area contributed by atoms with E-state index in [0.29, 0.717) is 28.6 Å². The molecule has 0 aliphatic rings. The zero-order valence-corrected chi connectivity index (χ0v) is 19.6. The lowest BCUT2D eigenvalue weighted by molar-refractivity contribution is -0.113. The van der Waals surface area contributed by atoms with Crippen molar-refractivity contribution in [2.45, 2.75) is 6.92 Å². The number of halogens is 2. The maximum Gasteiger partial charge on any atom is 0.250 e. The summed E-state index contributed by atoms with van der Waals surface area (Å²) in [6, 6.07) is 8.07. The first-order chi connectivity index (χ1) is 15.7. The van der Waals surface area contributed by atoms with E-state index in [4.69, 9.17) is 16.6 Å². The van der Waals surface area contributed by atoms with Crippen LogP contribution in [0.4, 0.5) is 21.6 Å². The summed E-state index contributed by atoms with van der Waals surface area (Å²) in [6.45, 7) is 2.48. The molecule has 33 heavy (non-hydrogen) atoms. The predicted molar refractivity (Wildman–Crippen MR) is 131 cm³/mol. The number of hydrogen-bond acceptors (Lipinski definition) is 5. The SMILES string of the molecule is Cc1cc(F)ccc1Nc1nc2cc(Cl)c(N(C)C(=O)/C=C/CN(C)C)cc2n2cncc12. The molecule has 4 rings (SSSR count). The second-order valence-electron chi connectivity index (χ2n) is 8.05. The highest BCUT2D eigenvalue weighted by atomic mass is 35.5. The standard InChI is InChI=1S/C24H24ClFN6O/c1-15-10-16(26)7-8-18(15)28-24-22-13-27-14-32(22)21-12-20(17(25)11-19(21)29-24)31(4)23(33)6-5-9-30(2)3/h5-8,10-14H,9H2,1-4H3,(H,28,29)/b6-5+. The minimum absolute atomic E-state index is 0.182. The van der Waals surface area contributed by atoms with Crippen LogP contribution in [-0.2, 0) is 4.79 Å². The van der Waals surface area contributed by atoms with Gasteiger partial charge in [-0.1, -0.05) is 17.7 Å². The Morgan fingerprint density at radius 1 is 1.21 bits per heavy atom. The van der Waals surface area contributed by atoms with Crippen molar-refractivity contribution in [2.75, 3.05) is 37.9 Å². The van der Waals surface area contributed by atoms with Crippen molar-refractivity contribution in [2.24, 2.45) is 0 Å². The van der Waals surface area contributed by atoms with Crippen molar-refractivity contribution in [3.05, 3.63) is 71.4 Å². The zero-order valence-electron chi connectivity index (χ0n) is 18.8. The fourth-order valence-corrected chi connectivity index (χ4v) is 3.79. The summed E-state index contributed by atoms with van der Waals surface area (Å²) in [5, 5.41) is 3.67. The van der Waals surface area contributed by atoms with Gasteiger partial charge in [-0.25, -0.2) is 14.4 Å². The summed E-state index contributed by atoms with van der Waals surface area (Å²) < 4.78 is 15.4. The molecule has 0 unspecified atom stereocenters. The summed E-state index contributed by atoms with van der Waals surface area (Å²) in [6.07, 6.45) is 6.71. The van der Waals surface area contributed by atoms with E-state index in [1.165, 1.54) is 23.1 Å². The van der Waals surface area contributed by atoms with Crippen LogP contribution in [0.3, 0.4) is 0 Å². The number of carbonyl (C=O) groups excluding carboxylic acids is 1. The molecule has 0 saturated carbocycles. The normalized spacial score (nSPS) is 11.7. The van der Waals surface area contributed by atoms with E-state index in [9.17, 15) is 9.18 Å². The molecule has 0 aliphatic heterocycles. The Labute approximate surface area is 196 Å². The van der Waals surface area contributed by atoms with Gasteiger partial charge < -0.3 is 15.1 Å². The molecule has 4 aromatic rings. The summed E-state index contributed by atoms with van der Waals surface area (Å²) in [4.78, 5) is 25.1. The largest absolute Gasteiger partial charge is 0.338 e. The van der Waals surface area contributed by atoms with Gasteiger partial charge in [0.25, 0.3) is 0 Å². The molecule has 7 nitrogen and oxygen atoms in total. The number of hydrogen-bond donors (Lipinski definition) is 1. The molecule has 0 aliphatic carbocycles. The first-order valence-electron chi connectivity index (χ1n) is 10.3. The van der Waals surface area contributed by atoms with Gasteiger partial charge in [-0.05, 0) is 56.9 Å². The van der Waals surface area contributed by atoms with E-state index in [0.717, 1.165) is 22.3 Å². The summed E-state index contributed by atoms with van der Waals surface area (Å²) >= 11 is 6.55. The van der Waals surface area contributed by atoms with Crippen LogP contribution in [0.5, 0.6) is 0 Å². The summed E-state index contributed by atoms with van der Waals surface area (Å²) in [5.41, 5.74) is 4.17. The van der Waals surface area contributed by atoms with Gasteiger partial charge in [0.15, 0.2) is 5.82 Å². The average molecular weight is 467 g/mol. The van der Waals surface area contributed by atoms with Crippen LogP contribution in [-0.4, -0.2) is 52.9 Å². The van der Waals surface area contributed by atoms with Gasteiger partial charge in [0.2, 0.25) is 5.91 Å². The average Bonchev–Trinajstić information content (AvgIpc) is 3.25. The molecule has 1 amide bonds. The molecule has 2 aromatic heterocycles. The molecular formula is C24H24ClFN6O. The molecule has 0 spiro atoms. The van der Waals surface area contributed by atoms with E-state index in [1.54, 1.807) is 37.8 Å². The Bertz CT molecular complexity index is 1380. The third-order valence-corrected chi connectivity index (χ3v) is 5.58. The molecule has 1 N–H and O–H groups in total. The van der Waals surface area contributed by atoms with Crippen LogP contribution in [0.15, 0.2) is 55.0 Å². The molecule has 9 heteroatoms. The zero-order chi connectivity index (χ0) is 23.7. The number of imidazole rings is 1. The number of aromatic nitrogens is 3. The third-order valence-electron chi connectivity index (χ3n) is 5.28. The lowest BCUT2D eigenvalue weighted by Gasteiger charge is -2.19. The van der Waals surface area contributed by atoms with Crippen LogP contribution in [0.25, 0.3) is 16.6 Å². The number of likely N-dealkylation sites (N-methyl/N-ethyl adjacent to an activating group) is 2. The van der Waals surface area contributed by atoms with E-state index in [2.05, 4.69) is 10.3 Å². The van der Waals surface area contributed by atoms with Gasteiger partial charge in [0.1, 0.15) is 11.3 Å². The minimum Gasteiger partial charge on any atom is -0.338 e. The van der Waals surface area contributed by atoms with Crippen molar-refractivity contribution in [1.29, 1.82) is 0 Å². The van der Waals surface area contributed by atoms with Crippen molar-refractivity contribution < 1.29 is 9.18 Å². The highest BCUT2D eigenvalue weighted by molar-refractivity contribution is 6.34. The molecule has 2 heterocycles.